The fraction of sp³-hybridized carbons (Fsp3) is 0.778. The number of hydrogen-bond acceptors (Lipinski definition) is 3. The van der Waals surface area contributed by atoms with Crippen molar-refractivity contribution in [2.24, 2.45) is 11.7 Å². The second-order valence-electron chi connectivity index (χ2n) is 3.78. The van der Waals surface area contributed by atoms with Crippen LogP contribution in [0.25, 0.3) is 0 Å². The molecule has 0 spiro atoms. The first kappa shape index (κ1) is 11.0. The summed E-state index contributed by atoms with van der Waals surface area (Å²) in [6.07, 6.45) is 2.22. The van der Waals surface area contributed by atoms with Crippen molar-refractivity contribution < 1.29 is 14.7 Å². The van der Waals surface area contributed by atoms with E-state index in [9.17, 15) is 9.59 Å². The Balaban J connectivity index is 2.51. The summed E-state index contributed by atoms with van der Waals surface area (Å²) in [4.78, 5) is 22.0. The van der Waals surface area contributed by atoms with Crippen molar-refractivity contribution >= 4 is 11.9 Å². The van der Waals surface area contributed by atoms with Crippen molar-refractivity contribution in [2.75, 3.05) is 0 Å². The molecule has 0 aromatic carbocycles. The molecule has 0 aliphatic heterocycles. The Kier molecular flexibility index (Phi) is 3.46. The largest absolute Gasteiger partial charge is 0.481 e. The first-order chi connectivity index (χ1) is 6.52. The predicted octanol–water partition coefficient (Wildman–Crippen LogP) is -0.297. The van der Waals surface area contributed by atoms with Gasteiger partial charge in [-0.05, 0) is 19.8 Å². The van der Waals surface area contributed by atoms with E-state index in [1.54, 1.807) is 6.92 Å². The number of carboxylic acids is 1. The zero-order valence-corrected chi connectivity index (χ0v) is 8.19. The Morgan fingerprint density at radius 1 is 1.50 bits per heavy atom. The van der Waals surface area contributed by atoms with Crippen LogP contribution in [0.15, 0.2) is 0 Å². The van der Waals surface area contributed by atoms with Crippen LogP contribution in [0.5, 0.6) is 0 Å². The molecule has 4 N–H and O–H groups in total. The summed E-state index contributed by atoms with van der Waals surface area (Å²) in [5.41, 5.74) is 5.38. The Morgan fingerprint density at radius 2 is 2.14 bits per heavy atom. The molecule has 1 aliphatic carbocycles. The van der Waals surface area contributed by atoms with Crippen LogP contribution in [-0.4, -0.2) is 29.1 Å². The SMILES string of the molecule is CC(N)C(=O)NC1CCCC1C(=O)O. The summed E-state index contributed by atoms with van der Waals surface area (Å²) in [6, 6.07) is -0.823. The molecule has 1 fully saturated rings. The van der Waals surface area contributed by atoms with E-state index in [1.165, 1.54) is 0 Å². The highest BCUT2D eigenvalue weighted by molar-refractivity contribution is 5.82. The van der Waals surface area contributed by atoms with Crippen LogP contribution < -0.4 is 11.1 Å². The van der Waals surface area contributed by atoms with Crippen molar-refractivity contribution in [3.8, 4) is 0 Å². The Morgan fingerprint density at radius 3 is 2.64 bits per heavy atom. The van der Waals surface area contributed by atoms with Gasteiger partial charge in [-0.2, -0.15) is 0 Å². The number of carbonyl (C=O) groups excluding carboxylic acids is 1. The van der Waals surface area contributed by atoms with Crippen LogP contribution in [-0.2, 0) is 9.59 Å². The van der Waals surface area contributed by atoms with Crippen molar-refractivity contribution in [3.63, 3.8) is 0 Å². The van der Waals surface area contributed by atoms with E-state index in [-0.39, 0.29) is 11.9 Å². The lowest BCUT2D eigenvalue weighted by molar-refractivity contribution is -0.142. The third-order valence-corrected chi connectivity index (χ3v) is 2.57. The minimum absolute atomic E-state index is 0.244. The van der Waals surface area contributed by atoms with Gasteiger partial charge in [0.2, 0.25) is 5.91 Å². The smallest absolute Gasteiger partial charge is 0.308 e. The second-order valence-corrected chi connectivity index (χ2v) is 3.78. The molecule has 5 nitrogen and oxygen atoms in total. The standard InChI is InChI=1S/C9H16N2O3/c1-5(10)8(12)11-7-4-2-3-6(7)9(13)14/h5-7H,2-4,10H2,1H3,(H,11,12)(H,13,14). The van der Waals surface area contributed by atoms with Gasteiger partial charge in [-0.15, -0.1) is 0 Å². The third kappa shape index (κ3) is 2.45. The molecule has 0 aromatic heterocycles. The van der Waals surface area contributed by atoms with Gasteiger partial charge in [-0.1, -0.05) is 6.42 Å². The van der Waals surface area contributed by atoms with E-state index in [4.69, 9.17) is 10.8 Å². The van der Waals surface area contributed by atoms with Gasteiger partial charge in [0.15, 0.2) is 0 Å². The number of carbonyl (C=O) groups is 2. The number of nitrogens with one attached hydrogen (secondary N) is 1. The number of rotatable bonds is 3. The monoisotopic (exact) mass is 200 g/mol. The maximum atomic E-state index is 11.2. The normalized spacial score (nSPS) is 28.4. The van der Waals surface area contributed by atoms with E-state index in [0.717, 1.165) is 12.8 Å². The highest BCUT2D eigenvalue weighted by Crippen LogP contribution is 2.25. The highest BCUT2D eigenvalue weighted by atomic mass is 16.4. The average molecular weight is 200 g/mol. The van der Waals surface area contributed by atoms with Crippen molar-refractivity contribution in [3.05, 3.63) is 0 Å². The van der Waals surface area contributed by atoms with Gasteiger partial charge in [0.25, 0.3) is 0 Å². The molecule has 1 saturated carbocycles. The predicted molar refractivity (Wildman–Crippen MR) is 50.6 cm³/mol. The molecule has 1 rings (SSSR count). The average Bonchev–Trinajstić information content (AvgIpc) is 2.52. The molecule has 1 aliphatic rings. The van der Waals surface area contributed by atoms with E-state index in [2.05, 4.69) is 5.32 Å². The molecule has 0 heterocycles. The zero-order valence-electron chi connectivity index (χ0n) is 8.19. The van der Waals surface area contributed by atoms with E-state index in [0.29, 0.717) is 6.42 Å². The molecular weight excluding hydrogens is 184 g/mol. The first-order valence-corrected chi connectivity index (χ1v) is 4.81. The van der Waals surface area contributed by atoms with Crippen molar-refractivity contribution in [1.29, 1.82) is 0 Å². The van der Waals surface area contributed by atoms with Crippen LogP contribution in [0, 0.1) is 5.92 Å². The lowest BCUT2D eigenvalue weighted by atomic mass is 10.0. The minimum atomic E-state index is -0.836. The quantitative estimate of drug-likeness (QED) is 0.583. The molecule has 1 amide bonds. The molecule has 0 radical (unpaired) electrons. The maximum Gasteiger partial charge on any atom is 0.308 e. The number of carboxylic acid groups (broad SMARTS) is 1. The summed E-state index contributed by atoms with van der Waals surface area (Å²) in [6.45, 7) is 1.58. The van der Waals surface area contributed by atoms with Gasteiger partial charge in [0.1, 0.15) is 0 Å². The third-order valence-electron chi connectivity index (χ3n) is 2.57. The molecule has 0 aromatic rings. The first-order valence-electron chi connectivity index (χ1n) is 4.81. The molecule has 5 heteroatoms. The molecule has 0 bridgehead atoms. The summed E-state index contributed by atoms with van der Waals surface area (Å²) >= 11 is 0. The summed E-state index contributed by atoms with van der Waals surface area (Å²) in [5, 5.41) is 11.5. The van der Waals surface area contributed by atoms with Crippen LogP contribution in [0.4, 0.5) is 0 Å². The zero-order chi connectivity index (χ0) is 10.7. The molecule has 3 atom stereocenters. The maximum absolute atomic E-state index is 11.2. The topological polar surface area (TPSA) is 92.4 Å². The minimum Gasteiger partial charge on any atom is -0.481 e. The fourth-order valence-corrected chi connectivity index (χ4v) is 1.74. The van der Waals surface area contributed by atoms with E-state index >= 15 is 0 Å². The number of aliphatic carboxylic acids is 1. The van der Waals surface area contributed by atoms with Crippen LogP contribution >= 0.6 is 0 Å². The molecule has 0 saturated heterocycles. The summed E-state index contributed by atoms with van der Waals surface area (Å²) < 4.78 is 0. The summed E-state index contributed by atoms with van der Waals surface area (Å²) in [5.74, 6) is -1.56. The van der Waals surface area contributed by atoms with Gasteiger partial charge in [0.05, 0.1) is 12.0 Å². The van der Waals surface area contributed by atoms with E-state index in [1.807, 2.05) is 0 Å². The van der Waals surface area contributed by atoms with Crippen LogP contribution in [0.3, 0.4) is 0 Å². The van der Waals surface area contributed by atoms with Gasteiger partial charge >= 0.3 is 5.97 Å². The Bertz CT molecular complexity index is 240. The lowest BCUT2D eigenvalue weighted by Crippen LogP contribution is -2.46. The Hall–Kier alpha value is -1.10. The van der Waals surface area contributed by atoms with Gasteiger partial charge in [-0.25, -0.2) is 0 Å². The van der Waals surface area contributed by atoms with Gasteiger partial charge in [-0.3, -0.25) is 9.59 Å². The van der Waals surface area contributed by atoms with Crippen LogP contribution in [0.1, 0.15) is 26.2 Å². The molecule has 80 valence electrons. The number of hydrogen-bond donors (Lipinski definition) is 3. The lowest BCUT2D eigenvalue weighted by Gasteiger charge is -2.18. The van der Waals surface area contributed by atoms with Gasteiger partial charge < -0.3 is 16.2 Å². The second kappa shape index (κ2) is 4.41. The molecule has 14 heavy (non-hydrogen) atoms. The summed E-state index contributed by atoms with van der Waals surface area (Å²) in [7, 11) is 0. The molecule has 3 unspecified atom stereocenters. The number of amides is 1. The fourth-order valence-electron chi connectivity index (χ4n) is 1.74. The molecular formula is C9H16N2O3. The van der Waals surface area contributed by atoms with Crippen molar-refractivity contribution in [1.82, 2.24) is 5.32 Å². The van der Waals surface area contributed by atoms with E-state index < -0.39 is 17.9 Å². The number of nitrogens with two attached hydrogens (primary N) is 1. The Labute approximate surface area is 82.7 Å². The van der Waals surface area contributed by atoms with Crippen molar-refractivity contribution in [2.45, 2.75) is 38.3 Å². The van der Waals surface area contributed by atoms with Gasteiger partial charge in [0, 0.05) is 6.04 Å². The van der Waals surface area contributed by atoms with Crippen LogP contribution in [0.2, 0.25) is 0 Å². The highest BCUT2D eigenvalue weighted by Gasteiger charge is 2.34.